The first-order valence-electron chi connectivity index (χ1n) is 3.92. The van der Waals surface area contributed by atoms with Crippen LogP contribution in [0.5, 0.6) is 0 Å². The minimum absolute atomic E-state index is 0.0732. The van der Waals surface area contributed by atoms with Crippen LogP contribution in [0.4, 0.5) is 26.3 Å². The fourth-order valence-corrected chi connectivity index (χ4v) is 1.01. The van der Waals surface area contributed by atoms with Crippen molar-refractivity contribution in [1.29, 1.82) is 0 Å². The number of hydrogen-bond acceptors (Lipinski definition) is 1. The predicted octanol–water partition coefficient (Wildman–Crippen LogP) is 3.29. The van der Waals surface area contributed by atoms with E-state index in [4.69, 9.17) is 0 Å². The zero-order valence-corrected chi connectivity index (χ0v) is 7.49. The van der Waals surface area contributed by atoms with Gasteiger partial charge in [0, 0.05) is 0 Å². The lowest BCUT2D eigenvalue weighted by Crippen LogP contribution is -2.14. The summed E-state index contributed by atoms with van der Waals surface area (Å²) in [6.45, 7) is 0. The van der Waals surface area contributed by atoms with Crippen LogP contribution >= 0.6 is 0 Å². The Bertz CT molecular complexity index is 409. The molecule has 1 aromatic rings. The molecule has 16 heavy (non-hydrogen) atoms. The van der Waals surface area contributed by atoms with Crippen molar-refractivity contribution in [1.82, 2.24) is 0 Å². The topological polar surface area (TPSA) is 17.1 Å². The van der Waals surface area contributed by atoms with E-state index >= 15 is 0 Å². The molecule has 0 aliphatic heterocycles. The van der Waals surface area contributed by atoms with Crippen molar-refractivity contribution < 1.29 is 31.1 Å². The highest BCUT2D eigenvalue weighted by Crippen LogP contribution is 2.30. The number of carbonyl (C=O) groups excluding carboxylic acids is 1. The smallest absolute Gasteiger partial charge is 0.288 e. The quantitative estimate of drug-likeness (QED) is 0.574. The molecule has 0 aliphatic carbocycles. The van der Waals surface area contributed by atoms with Crippen LogP contribution in [0.2, 0.25) is 0 Å². The molecule has 7 heteroatoms. The number of benzene rings is 1. The monoisotopic (exact) mass is 242 g/mol. The molecule has 0 heterocycles. The number of carbonyl (C=O) groups is 1. The standard InChI is InChI=1S/C9H4F6O/c10-6-2-1-4(9(13,14)15)3-5(6)7(16)8(11)12/h1-3,8H. The van der Waals surface area contributed by atoms with Gasteiger partial charge in [-0.05, 0) is 18.2 Å². The van der Waals surface area contributed by atoms with E-state index < -0.39 is 35.3 Å². The van der Waals surface area contributed by atoms with E-state index in [1.807, 2.05) is 0 Å². The molecule has 0 bridgehead atoms. The minimum Gasteiger partial charge on any atom is -0.288 e. The third-order valence-electron chi connectivity index (χ3n) is 1.76. The van der Waals surface area contributed by atoms with E-state index in [0.29, 0.717) is 12.1 Å². The Labute approximate surface area is 85.7 Å². The molecule has 0 amide bonds. The van der Waals surface area contributed by atoms with Crippen LogP contribution in [-0.2, 0) is 6.18 Å². The zero-order chi connectivity index (χ0) is 12.5. The molecule has 0 fully saturated rings. The van der Waals surface area contributed by atoms with E-state index in [1.54, 1.807) is 0 Å². The molecule has 0 spiro atoms. The fourth-order valence-electron chi connectivity index (χ4n) is 1.01. The molecule has 0 saturated heterocycles. The molecule has 0 radical (unpaired) electrons. The largest absolute Gasteiger partial charge is 0.416 e. The highest BCUT2D eigenvalue weighted by atomic mass is 19.4. The summed E-state index contributed by atoms with van der Waals surface area (Å²) in [5, 5.41) is 0. The van der Waals surface area contributed by atoms with E-state index in [2.05, 4.69) is 0 Å². The van der Waals surface area contributed by atoms with Gasteiger partial charge in [-0.25, -0.2) is 13.2 Å². The summed E-state index contributed by atoms with van der Waals surface area (Å²) >= 11 is 0. The van der Waals surface area contributed by atoms with Crippen molar-refractivity contribution >= 4 is 5.78 Å². The van der Waals surface area contributed by atoms with Crippen molar-refractivity contribution in [2.24, 2.45) is 0 Å². The van der Waals surface area contributed by atoms with Gasteiger partial charge >= 0.3 is 12.6 Å². The van der Waals surface area contributed by atoms with Crippen LogP contribution in [0.15, 0.2) is 18.2 Å². The summed E-state index contributed by atoms with van der Waals surface area (Å²) in [6, 6.07) is 0.778. The Hall–Kier alpha value is -1.53. The molecular formula is C9H4F6O. The molecule has 0 atom stereocenters. The summed E-state index contributed by atoms with van der Waals surface area (Å²) in [6.07, 6.45) is -8.36. The van der Waals surface area contributed by atoms with E-state index in [-0.39, 0.29) is 6.07 Å². The van der Waals surface area contributed by atoms with Crippen molar-refractivity contribution in [3.05, 3.63) is 35.1 Å². The molecule has 0 aromatic heterocycles. The van der Waals surface area contributed by atoms with Gasteiger partial charge in [0.25, 0.3) is 0 Å². The van der Waals surface area contributed by atoms with Crippen LogP contribution in [-0.4, -0.2) is 12.2 Å². The van der Waals surface area contributed by atoms with Crippen molar-refractivity contribution in [2.45, 2.75) is 12.6 Å². The van der Waals surface area contributed by atoms with Gasteiger partial charge in [-0.3, -0.25) is 4.79 Å². The van der Waals surface area contributed by atoms with E-state index in [0.717, 1.165) is 0 Å². The van der Waals surface area contributed by atoms with Crippen molar-refractivity contribution in [2.75, 3.05) is 0 Å². The predicted molar refractivity (Wildman–Crippen MR) is 41.7 cm³/mol. The molecule has 1 rings (SSSR count). The average molecular weight is 242 g/mol. The second-order valence-electron chi connectivity index (χ2n) is 2.86. The van der Waals surface area contributed by atoms with Gasteiger partial charge in [0.1, 0.15) is 5.82 Å². The lowest BCUT2D eigenvalue weighted by molar-refractivity contribution is -0.137. The van der Waals surface area contributed by atoms with Crippen molar-refractivity contribution in [3.63, 3.8) is 0 Å². The summed E-state index contributed by atoms with van der Waals surface area (Å²) < 4.78 is 73.1. The first kappa shape index (κ1) is 12.5. The number of halogens is 6. The number of alkyl halides is 5. The van der Waals surface area contributed by atoms with Gasteiger partial charge in [0.05, 0.1) is 11.1 Å². The van der Waals surface area contributed by atoms with Crippen LogP contribution in [0.25, 0.3) is 0 Å². The van der Waals surface area contributed by atoms with Crippen molar-refractivity contribution in [3.8, 4) is 0 Å². The maximum atomic E-state index is 12.8. The van der Waals surface area contributed by atoms with Gasteiger partial charge in [-0.1, -0.05) is 0 Å². The maximum absolute atomic E-state index is 12.8. The van der Waals surface area contributed by atoms with Gasteiger partial charge in [0.15, 0.2) is 0 Å². The number of rotatable bonds is 2. The second kappa shape index (κ2) is 4.15. The lowest BCUT2D eigenvalue weighted by atomic mass is 10.1. The fraction of sp³-hybridized carbons (Fsp3) is 0.222. The summed E-state index contributed by atoms with van der Waals surface area (Å²) in [4.78, 5) is 10.7. The van der Waals surface area contributed by atoms with Gasteiger partial charge in [0.2, 0.25) is 5.78 Å². The van der Waals surface area contributed by atoms with Gasteiger partial charge in [-0.15, -0.1) is 0 Å². The molecule has 0 N–H and O–H groups in total. The highest BCUT2D eigenvalue weighted by molar-refractivity contribution is 5.98. The second-order valence-corrected chi connectivity index (χ2v) is 2.86. The third kappa shape index (κ3) is 2.53. The zero-order valence-electron chi connectivity index (χ0n) is 7.49. The summed E-state index contributed by atoms with van der Waals surface area (Å²) in [5.74, 6) is -3.37. The molecular weight excluding hydrogens is 238 g/mol. The molecule has 1 aromatic carbocycles. The van der Waals surface area contributed by atoms with Crippen LogP contribution in [0, 0.1) is 5.82 Å². The first-order chi connectivity index (χ1) is 7.23. The highest BCUT2D eigenvalue weighted by Gasteiger charge is 2.32. The molecule has 0 unspecified atom stereocenters. The first-order valence-corrected chi connectivity index (χ1v) is 3.92. The SMILES string of the molecule is O=C(c1cc(C(F)(F)F)ccc1F)C(F)F. The normalized spacial score (nSPS) is 11.9. The molecule has 88 valence electrons. The Kier molecular flexibility index (Phi) is 3.25. The summed E-state index contributed by atoms with van der Waals surface area (Å²) in [7, 11) is 0. The molecule has 0 aliphatic rings. The lowest BCUT2D eigenvalue weighted by Gasteiger charge is -2.08. The number of ketones is 1. The van der Waals surface area contributed by atoms with Gasteiger partial charge in [-0.2, -0.15) is 13.2 Å². The number of hydrogen-bond donors (Lipinski definition) is 0. The van der Waals surface area contributed by atoms with E-state index in [9.17, 15) is 31.1 Å². The Balaban J connectivity index is 3.25. The average Bonchev–Trinajstić information content (AvgIpc) is 2.15. The van der Waals surface area contributed by atoms with Crippen LogP contribution < -0.4 is 0 Å². The van der Waals surface area contributed by atoms with Gasteiger partial charge < -0.3 is 0 Å². The minimum atomic E-state index is -4.81. The Morgan fingerprint density at radius 3 is 2.19 bits per heavy atom. The summed E-state index contributed by atoms with van der Waals surface area (Å²) in [5.41, 5.74) is -2.61. The van der Waals surface area contributed by atoms with E-state index in [1.165, 1.54) is 0 Å². The van der Waals surface area contributed by atoms with Crippen LogP contribution in [0.1, 0.15) is 15.9 Å². The van der Waals surface area contributed by atoms with Crippen LogP contribution in [0.3, 0.4) is 0 Å². The Morgan fingerprint density at radius 2 is 1.75 bits per heavy atom. The Morgan fingerprint density at radius 1 is 1.19 bits per heavy atom. The molecule has 0 saturated carbocycles. The molecule has 1 nitrogen and oxygen atoms in total. The maximum Gasteiger partial charge on any atom is 0.416 e. The third-order valence-corrected chi connectivity index (χ3v) is 1.76. The number of Topliss-reactive ketones (excluding diaryl/α,β-unsaturated/α-hetero) is 1.